The number of aryl methyl sites for hydroxylation is 1. The molecule has 0 atom stereocenters. The van der Waals surface area contributed by atoms with Crippen molar-refractivity contribution in [2.45, 2.75) is 31.7 Å². The van der Waals surface area contributed by atoms with Crippen LogP contribution in [0.15, 0.2) is 36.0 Å². The number of amides is 1. The first-order valence-electron chi connectivity index (χ1n) is 9.26. The van der Waals surface area contributed by atoms with Crippen LogP contribution in [-0.4, -0.2) is 35.0 Å². The number of fused-ring (bicyclic) bond motifs is 1. The average Bonchev–Trinajstić information content (AvgIpc) is 3.09. The number of anilines is 1. The van der Waals surface area contributed by atoms with Gasteiger partial charge in [0.25, 0.3) is 0 Å². The Morgan fingerprint density at radius 2 is 2.00 bits per heavy atom. The number of carbonyl (C=O) groups excluding carboxylic acids is 1. The molecule has 3 heterocycles. The standard InChI is InChI=1S/C20H20FIN4OS/c21-14-4-1-13(2-5-14)3-6-17(27)25-15-7-9-26(10-8-15)20-19-18(23-12-24-20)16(22)11-28-19/h1-2,4-5,11-12,15H,3,6-10H2,(H,25,27). The van der Waals surface area contributed by atoms with Crippen molar-refractivity contribution >= 4 is 55.9 Å². The van der Waals surface area contributed by atoms with Crippen LogP contribution in [0.3, 0.4) is 0 Å². The van der Waals surface area contributed by atoms with Gasteiger partial charge in [-0.3, -0.25) is 4.79 Å². The maximum Gasteiger partial charge on any atom is 0.220 e. The van der Waals surface area contributed by atoms with E-state index < -0.39 is 0 Å². The van der Waals surface area contributed by atoms with E-state index in [9.17, 15) is 9.18 Å². The molecule has 0 unspecified atom stereocenters. The summed E-state index contributed by atoms with van der Waals surface area (Å²) in [6, 6.07) is 6.52. The van der Waals surface area contributed by atoms with Gasteiger partial charge in [-0.05, 0) is 59.5 Å². The molecular formula is C20H20FIN4OS. The van der Waals surface area contributed by atoms with E-state index in [1.54, 1.807) is 29.8 Å². The van der Waals surface area contributed by atoms with Crippen molar-refractivity contribution in [2.24, 2.45) is 0 Å². The van der Waals surface area contributed by atoms with Gasteiger partial charge in [0, 0.05) is 30.9 Å². The molecule has 1 aliphatic heterocycles. The summed E-state index contributed by atoms with van der Waals surface area (Å²) < 4.78 is 15.2. The Labute approximate surface area is 180 Å². The van der Waals surface area contributed by atoms with Gasteiger partial charge >= 0.3 is 0 Å². The van der Waals surface area contributed by atoms with Gasteiger partial charge in [-0.25, -0.2) is 14.4 Å². The molecule has 0 aliphatic carbocycles. The Morgan fingerprint density at radius 3 is 2.75 bits per heavy atom. The van der Waals surface area contributed by atoms with E-state index in [4.69, 9.17) is 0 Å². The fourth-order valence-corrected chi connectivity index (χ4v) is 5.35. The van der Waals surface area contributed by atoms with Gasteiger partial charge < -0.3 is 10.2 Å². The molecule has 0 spiro atoms. The van der Waals surface area contributed by atoms with Crippen molar-refractivity contribution in [1.29, 1.82) is 0 Å². The molecule has 1 aromatic carbocycles. The zero-order valence-electron chi connectivity index (χ0n) is 15.2. The number of hydrogen-bond acceptors (Lipinski definition) is 5. The lowest BCUT2D eigenvalue weighted by Gasteiger charge is -2.33. The van der Waals surface area contributed by atoms with E-state index >= 15 is 0 Å². The molecule has 4 rings (SSSR count). The highest BCUT2D eigenvalue weighted by molar-refractivity contribution is 14.1. The second kappa shape index (κ2) is 8.69. The van der Waals surface area contributed by atoms with Crippen LogP contribution in [0.1, 0.15) is 24.8 Å². The van der Waals surface area contributed by atoms with E-state index in [0.717, 1.165) is 51.1 Å². The largest absolute Gasteiger partial charge is 0.355 e. The maximum absolute atomic E-state index is 12.9. The summed E-state index contributed by atoms with van der Waals surface area (Å²) in [6.45, 7) is 1.73. The maximum atomic E-state index is 12.9. The summed E-state index contributed by atoms with van der Waals surface area (Å²) >= 11 is 3.99. The van der Waals surface area contributed by atoms with Gasteiger partial charge in [0.1, 0.15) is 18.0 Å². The van der Waals surface area contributed by atoms with E-state index in [-0.39, 0.29) is 17.8 Å². The third-order valence-electron chi connectivity index (χ3n) is 5.01. The zero-order chi connectivity index (χ0) is 19.5. The number of nitrogens with one attached hydrogen (secondary N) is 1. The Morgan fingerprint density at radius 1 is 1.25 bits per heavy atom. The van der Waals surface area contributed by atoms with Crippen molar-refractivity contribution < 1.29 is 9.18 Å². The highest BCUT2D eigenvalue weighted by Gasteiger charge is 2.23. The molecule has 1 amide bonds. The Kier molecular flexibility index (Phi) is 6.05. The summed E-state index contributed by atoms with van der Waals surface area (Å²) in [7, 11) is 0. The minimum Gasteiger partial charge on any atom is -0.355 e. The summed E-state index contributed by atoms with van der Waals surface area (Å²) in [5.74, 6) is 0.803. The molecule has 1 saturated heterocycles. The van der Waals surface area contributed by atoms with Gasteiger partial charge in [0.15, 0.2) is 0 Å². The third-order valence-corrected chi connectivity index (χ3v) is 7.22. The third kappa shape index (κ3) is 4.43. The van der Waals surface area contributed by atoms with Crippen LogP contribution in [-0.2, 0) is 11.2 Å². The second-order valence-corrected chi connectivity index (χ2v) is 8.96. The van der Waals surface area contributed by atoms with Crippen LogP contribution in [0.5, 0.6) is 0 Å². The van der Waals surface area contributed by atoms with Crippen molar-refractivity contribution in [3.8, 4) is 0 Å². The number of carbonyl (C=O) groups is 1. The molecule has 0 radical (unpaired) electrons. The molecule has 0 bridgehead atoms. The van der Waals surface area contributed by atoms with Gasteiger partial charge in [0.05, 0.1) is 13.8 Å². The molecule has 8 heteroatoms. The SMILES string of the molecule is O=C(CCc1ccc(F)cc1)NC1CCN(c2ncnc3c(I)csc23)CC1. The van der Waals surface area contributed by atoms with Crippen molar-refractivity contribution in [3.05, 3.63) is 50.9 Å². The molecule has 1 N–H and O–H groups in total. The smallest absolute Gasteiger partial charge is 0.220 e. The zero-order valence-corrected chi connectivity index (χ0v) is 18.2. The second-order valence-electron chi connectivity index (χ2n) is 6.91. The molecule has 0 saturated carbocycles. The summed E-state index contributed by atoms with van der Waals surface area (Å²) in [6.07, 6.45) is 4.48. The minimum absolute atomic E-state index is 0.0556. The van der Waals surface area contributed by atoms with Crippen LogP contribution in [0.25, 0.3) is 10.2 Å². The van der Waals surface area contributed by atoms with Gasteiger partial charge in [-0.1, -0.05) is 12.1 Å². The van der Waals surface area contributed by atoms with Crippen LogP contribution in [0, 0.1) is 9.39 Å². The first-order chi connectivity index (χ1) is 13.6. The highest BCUT2D eigenvalue weighted by Crippen LogP contribution is 2.33. The van der Waals surface area contributed by atoms with E-state index in [2.05, 4.69) is 48.2 Å². The first kappa shape index (κ1) is 19.5. The van der Waals surface area contributed by atoms with Crippen molar-refractivity contribution in [1.82, 2.24) is 15.3 Å². The topological polar surface area (TPSA) is 58.1 Å². The fourth-order valence-electron chi connectivity index (χ4n) is 3.48. The molecule has 1 fully saturated rings. The van der Waals surface area contributed by atoms with Crippen LogP contribution < -0.4 is 10.2 Å². The lowest BCUT2D eigenvalue weighted by Crippen LogP contribution is -2.45. The van der Waals surface area contributed by atoms with Crippen molar-refractivity contribution in [3.63, 3.8) is 0 Å². The number of rotatable bonds is 5. The molecule has 3 aromatic rings. The van der Waals surface area contributed by atoms with E-state index in [1.807, 2.05) is 0 Å². The van der Waals surface area contributed by atoms with Crippen LogP contribution >= 0.6 is 33.9 Å². The number of halogens is 2. The highest BCUT2D eigenvalue weighted by atomic mass is 127. The fraction of sp³-hybridized carbons (Fsp3) is 0.350. The quantitative estimate of drug-likeness (QED) is 0.525. The van der Waals surface area contributed by atoms with E-state index in [0.29, 0.717) is 12.8 Å². The number of nitrogens with zero attached hydrogens (tertiary/aromatic N) is 3. The van der Waals surface area contributed by atoms with Crippen molar-refractivity contribution in [2.75, 3.05) is 18.0 Å². The van der Waals surface area contributed by atoms with Crippen LogP contribution in [0.4, 0.5) is 10.2 Å². The normalized spacial score (nSPS) is 15.1. The Balaban J connectivity index is 1.29. The Bertz CT molecular complexity index is 970. The predicted octanol–water partition coefficient (Wildman–Crippen LogP) is 4.15. The Hall–Kier alpha value is -1.81. The number of thiophene rings is 1. The molecule has 28 heavy (non-hydrogen) atoms. The first-order valence-corrected chi connectivity index (χ1v) is 11.2. The minimum atomic E-state index is -0.252. The summed E-state index contributed by atoms with van der Waals surface area (Å²) in [4.78, 5) is 23.4. The average molecular weight is 510 g/mol. The van der Waals surface area contributed by atoms with Gasteiger partial charge in [0.2, 0.25) is 5.91 Å². The number of benzene rings is 1. The predicted molar refractivity (Wildman–Crippen MR) is 118 cm³/mol. The molecule has 146 valence electrons. The number of aromatic nitrogens is 2. The summed E-state index contributed by atoms with van der Waals surface area (Å²) in [5.41, 5.74) is 2.00. The molecule has 5 nitrogen and oxygen atoms in total. The monoisotopic (exact) mass is 510 g/mol. The van der Waals surface area contributed by atoms with E-state index in [1.165, 1.54) is 12.1 Å². The molecule has 1 aliphatic rings. The molecular weight excluding hydrogens is 490 g/mol. The molecule has 2 aromatic heterocycles. The van der Waals surface area contributed by atoms with Gasteiger partial charge in [-0.15, -0.1) is 11.3 Å². The number of hydrogen-bond donors (Lipinski definition) is 1. The van der Waals surface area contributed by atoms with Gasteiger partial charge in [-0.2, -0.15) is 0 Å². The lowest BCUT2D eigenvalue weighted by molar-refractivity contribution is -0.121. The lowest BCUT2D eigenvalue weighted by atomic mass is 10.0. The van der Waals surface area contributed by atoms with Crippen LogP contribution in [0.2, 0.25) is 0 Å². The summed E-state index contributed by atoms with van der Waals surface area (Å²) in [5, 5.41) is 5.25. The number of piperidine rings is 1.